The third kappa shape index (κ3) is 7.55. The van der Waals surface area contributed by atoms with Gasteiger partial charge in [0, 0.05) is 64.2 Å². The van der Waals surface area contributed by atoms with Crippen molar-refractivity contribution in [3.05, 3.63) is 33.7 Å². The minimum atomic E-state index is -1.17. The number of halogens is 2. The van der Waals surface area contributed by atoms with Crippen LogP contribution >= 0.6 is 23.2 Å². The van der Waals surface area contributed by atoms with E-state index in [0.717, 1.165) is 25.8 Å². The second kappa shape index (κ2) is 13.9. The maximum Gasteiger partial charge on any atom is 0.273 e. The van der Waals surface area contributed by atoms with E-state index in [-0.39, 0.29) is 46.1 Å². The van der Waals surface area contributed by atoms with Crippen LogP contribution in [0, 0.1) is 0 Å². The Morgan fingerprint density at radius 2 is 1.78 bits per heavy atom. The summed E-state index contributed by atoms with van der Waals surface area (Å²) in [5, 5.41) is 3.04. The van der Waals surface area contributed by atoms with E-state index in [1.165, 1.54) is 6.26 Å². The van der Waals surface area contributed by atoms with Gasteiger partial charge < -0.3 is 26.6 Å². The fourth-order valence-corrected chi connectivity index (χ4v) is 6.14. The Labute approximate surface area is 251 Å². The van der Waals surface area contributed by atoms with Crippen LogP contribution in [-0.2, 0) is 11.0 Å². The first-order valence-corrected chi connectivity index (χ1v) is 15.8. The van der Waals surface area contributed by atoms with E-state index in [0.29, 0.717) is 50.1 Å². The van der Waals surface area contributed by atoms with Crippen LogP contribution in [0.3, 0.4) is 0 Å². The summed E-state index contributed by atoms with van der Waals surface area (Å²) in [6.07, 6.45) is 4.13. The number of nitrogens with zero attached hydrogens (tertiary/aromatic N) is 6. The van der Waals surface area contributed by atoms with Gasteiger partial charge in [-0.25, -0.2) is 23.9 Å². The molecule has 2 amide bonds. The van der Waals surface area contributed by atoms with Gasteiger partial charge in [0.1, 0.15) is 11.0 Å². The Morgan fingerprint density at radius 3 is 2.44 bits per heavy atom. The molecular weight excluding hydrogens is 591 g/mol. The van der Waals surface area contributed by atoms with Crippen molar-refractivity contribution in [1.82, 2.24) is 34.8 Å². The van der Waals surface area contributed by atoms with E-state index in [4.69, 9.17) is 34.7 Å². The van der Waals surface area contributed by atoms with E-state index in [9.17, 15) is 13.8 Å². The van der Waals surface area contributed by atoms with Crippen molar-refractivity contribution in [2.75, 3.05) is 68.4 Å². The Morgan fingerprint density at radius 1 is 1.05 bits per heavy atom. The van der Waals surface area contributed by atoms with Crippen LogP contribution in [0.25, 0.3) is 0 Å². The maximum absolute atomic E-state index is 13.0. The quantitative estimate of drug-likeness (QED) is 0.233. The van der Waals surface area contributed by atoms with Crippen molar-refractivity contribution < 1.29 is 13.8 Å². The fraction of sp³-hybridized carbons (Fsp3) is 0.560. The number of piperidine rings is 1. The average molecular weight is 628 g/mol. The van der Waals surface area contributed by atoms with Crippen molar-refractivity contribution >= 4 is 63.5 Å². The SMILES string of the molecule is CC[C@H]1CN(c2nc(N)c(C(=O)NCCNS(C)=O)nc2Cl)CCN1C1CCN(C(=O)c2ccc(Cl)nc2N)CC1. The van der Waals surface area contributed by atoms with Gasteiger partial charge in [-0.15, -0.1) is 0 Å². The van der Waals surface area contributed by atoms with Gasteiger partial charge in [-0.2, -0.15) is 0 Å². The molecule has 2 aromatic rings. The molecule has 0 spiro atoms. The summed E-state index contributed by atoms with van der Waals surface area (Å²) in [4.78, 5) is 44.7. The van der Waals surface area contributed by atoms with E-state index in [2.05, 4.69) is 41.7 Å². The molecule has 224 valence electrons. The van der Waals surface area contributed by atoms with Crippen molar-refractivity contribution in [2.45, 2.75) is 38.3 Å². The summed E-state index contributed by atoms with van der Waals surface area (Å²) in [6.45, 7) is 6.13. The molecule has 0 radical (unpaired) electrons. The first-order chi connectivity index (χ1) is 19.6. The largest absolute Gasteiger partial charge is 0.383 e. The highest BCUT2D eigenvalue weighted by Gasteiger charge is 2.35. The van der Waals surface area contributed by atoms with Crippen LogP contribution in [0.5, 0.6) is 0 Å². The molecular formula is C25H36Cl2N10O3S. The number of nitrogen functional groups attached to an aromatic ring is 2. The lowest BCUT2D eigenvalue weighted by molar-refractivity contribution is 0.0491. The third-order valence-corrected chi connectivity index (χ3v) is 8.51. The smallest absolute Gasteiger partial charge is 0.273 e. The molecule has 2 fully saturated rings. The van der Waals surface area contributed by atoms with E-state index in [1.807, 2.05) is 4.90 Å². The predicted octanol–water partition coefficient (Wildman–Crippen LogP) is 1.16. The summed E-state index contributed by atoms with van der Waals surface area (Å²) in [5.74, 6) is -0.0255. The zero-order valence-corrected chi connectivity index (χ0v) is 25.4. The molecule has 0 aromatic carbocycles. The molecule has 0 bridgehead atoms. The second-order valence-electron chi connectivity index (χ2n) is 10.0. The number of piperazine rings is 1. The number of nitrogens with one attached hydrogen (secondary N) is 2. The third-order valence-electron chi connectivity index (χ3n) is 7.44. The summed E-state index contributed by atoms with van der Waals surface area (Å²) >= 11 is 12.4. The number of nitrogens with two attached hydrogens (primary N) is 2. The minimum absolute atomic E-state index is 0.00188. The summed E-state index contributed by atoms with van der Waals surface area (Å²) < 4.78 is 13.8. The monoisotopic (exact) mass is 626 g/mol. The van der Waals surface area contributed by atoms with Gasteiger partial charge >= 0.3 is 0 Å². The second-order valence-corrected chi connectivity index (χ2v) is 12.0. The molecule has 2 saturated heterocycles. The Kier molecular flexibility index (Phi) is 10.6. The van der Waals surface area contributed by atoms with E-state index < -0.39 is 16.9 Å². The van der Waals surface area contributed by atoms with Gasteiger partial charge in [0.25, 0.3) is 11.8 Å². The Bertz CT molecular complexity index is 1290. The van der Waals surface area contributed by atoms with Crippen molar-refractivity contribution in [3.63, 3.8) is 0 Å². The number of hydrogen-bond donors (Lipinski definition) is 4. The van der Waals surface area contributed by atoms with Crippen LogP contribution in [0.1, 0.15) is 47.0 Å². The van der Waals surface area contributed by atoms with Crippen molar-refractivity contribution in [3.8, 4) is 0 Å². The fourth-order valence-electron chi connectivity index (χ4n) is 5.35. The Hall–Kier alpha value is -2.78. The number of likely N-dealkylation sites (tertiary alicyclic amines) is 1. The molecule has 2 aliphatic rings. The number of hydrogen-bond acceptors (Lipinski definition) is 10. The van der Waals surface area contributed by atoms with Crippen LogP contribution in [0.15, 0.2) is 12.1 Å². The number of aromatic nitrogens is 3. The molecule has 13 nitrogen and oxygen atoms in total. The van der Waals surface area contributed by atoms with Crippen molar-refractivity contribution in [1.29, 1.82) is 0 Å². The van der Waals surface area contributed by atoms with Crippen molar-refractivity contribution in [2.24, 2.45) is 0 Å². The van der Waals surface area contributed by atoms with Gasteiger partial charge in [0.15, 0.2) is 22.5 Å². The average Bonchev–Trinajstić information content (AvgIpc) is 2.95. The number of amides is 2. The van der Waals surface area contributed by atoms with Crippen LogP contribution in [-0.4, -0.2) is 105 Å². The molecule has 0 saturated carbocycles. The highest BCUT2D eigenvalue weighted by Crippen LogP contribution is 2.30. The first kappa shape index (κ1) is 31.2. The molecule has 16 heteroatoms. The van der Waals surface area contributed by atoms with Gasteiger partial charge in [-0.3, -0.25) is 14.5 Å². The zero-order chi connectivity index (χ0) is 29.7. The lowest BCUT2D eigenvalue weighted by Crippen LogP contribution is -2.58. The van der Waals surface area contributed by atoms with E-state index in [1.54, 1.807) is 12.1 Å². The van der Waals surface area contributed by atoms with Gasteiger partial charge in [0.05, 0.1) is 16.5 Å². The number of pyridine rings is 1. The van der Waals surface area contributed by atoms with Crippen LogP contribution < -0.4 is 26.4 Å². The van der Waals surface area contributed by atoms with Crippen LogP contribution in [0.2, 0.25) is 10.3 Å². The minimum Gasteiger partial charge on any atom is -0.383 e. The molecule has 6 N–H and O–H groups in total. The number of carbonyl (C=O) groups excluding carboxylic acids is 2. The van der Waals surface area contributed by atoms with Gasteiger partial charge in [0.2, 0.25) is 0 Å². The molecule has 2 aliphatic heterocycles. The lowest BCUT2D eigenvalue weighted by Gasteiger charge is -2.47. The highest BCUT2D eigenvalue weighted by molar-refractivity contribution is 7.82. The Balaban J connectivity index is 1.35. The molecule has 41 heavy (non-hydrogen) atoms. The first-order valence-electron chi connectivity index (χ1n) is 13.5. The number of anilines is 3. The number of carbonyl (C=O) groups is 2. The molecule has 4 heterocycles. The summed E-state index contributed by atoms with van der Waals surface area (Å²) in [5.41, 5.74) is 12.4. The van der Waals surface area contributed by atoms with E-state index >= 15 is 0 Å². The van der Waals surface area contributed by atoms with Gasteiger partial charge in [-0.05, 0) is 31.4 Å². The summed E-state index contributed by atoms with van der Waals surface area (Å²) in [6, 6.07) is 3.78. The van der Waals surface area contributed by atoms with Crippen LogP contribution in [0.4, 0.5) is 17.5 Å². The normalized spacial score (nSPS) is 19.3. The van der Waals surface area contributed by atoms with Gasteiger partial charge in [-0.1, -0.05) is 30.1 Å². The lowest BCUT2D eigenvalue weighted by atomic mass is 9.97. The topological polar surface area (TPSA) is 176 Å². The molecule has 2 aromatic heterocycles. The highest BCUT2D eigenvalue weighted by atomic mass is 35.5. The number of rotatable bonds is 9. The maximum atomic E-state index is 13.0. The summed E-state index contributed by atoms with van der Waals surface area (Å²) in [7, 11) is -1.17. The zero-order valence-electron chi connectivity index (χ0n) is 23.1. The molecule has 1 unspecified atom stereocenters. The molecule has 4 rings (SSSR count). The molecule has 0 aliphatic carbocycles. The molecule has 2 atom stereocenters. The predicted molar refractivity (Wildman–Crippen MR) is 161 cm³/mol. The standard InChI is InChI=1S/C25H36Cl2N10O3S/c1-3-15-14-36(23-20(27)33-19(22(29)34-23)24(38)30-8-9-31-41(2)40)12-13-37(15)16-6-10-35(11-7-16)25(39)17-4-5-18(26)32-21(17)28/h4-5,15-16,31H,3,6-14H2,1-2H3,(H2,28,32)(H2,29,34)(H,30,38)/t15-,41?/m0/s1.